The molecule has 9 heteroatoms. The number of amides is 1. The van der Waals surface area contributed by atoms with Gasteiger partial charge in [-0.05, 0) is 42.8 Å². The van der Waals surface area contributed by atoms with Gasteiger partial charge in [-0.15, -0.1) is 0 Å². The molecule has 6 nitrogen and oxygen atoms in total. The van der Waals surface area contributed by atoms with E-state index in [0.29, 0.717) is 24.5 Å². The van der Waals surface area contributed by atoms with Crippen molar-refractivity contribution in [2.45, 2.75) is 18.6 Å². The van der Waals surface area contributed by atoms with Crippen LogP contribution in [0.3, 0.4) is 0 Å². The van der Waals surface area contributed by atoms with Gasteiger partial charge in [-0.3, -0.25) is 9.78 Å². The Morgan fingerprint density at radius 1 is 1.13 bits per heavy atom. The predicted molar refractivity (Wildman–Crippen MR) is 112 cm³/mol. The van der Waals surface area contributed by atoms with E-state index in [-0.39, 0.29) is 6.04 Å². The highest BCUT2D eigenvalue weighted by Crippen LogP contribution is 2.31. The van der Waals surface area contributed by atoms with Crippen molar-refractivity contribution in [2.75, 3.05) is 23.3 Å². The number of anilines is 2. The number of pyridine rings is 2. The number of nitrogens with zero attached hydrogens (tertiary/aromatic N) is 3. The van der Waals surface area contributed by atoms with Gasteiger partial charge in [-0.1, -0.05) is 12.1 Å². The summed E-state index contributed by atoms with van der Waals surface area (Å²) in [6.07, 6.45) is -1.18. The second-order valence-corrected chi connectivity index (χ2v) is 7.32. The quantitative estimate of drug-likeness (QED) is 0.644. The summed E-state index contributed by atoms with van der Waals surface area (Å²) in [5.41, 5.74) is 7.50. The molecule has 0 bridgehead atoms. The van der Waals surface area contributed by atoms with Gasteiger partial charge in [0.1, 0.15) is 5.82 Å². The molecule has 1 atom stereocenters. The predicted octanol–water partition coefficient (Wildman–Crippen LogP) is 3.95. The minimum absolute atomic E-state index is 0.0274. The fourth-order valence-corrected chi connectivity index (χ4v) is 3.65. The molecule has 1 aromatic carbocycles. The first kappa shape index (κ1) is 20.6. The van der Waals surface area contributed by atoms with Gasteiger partial charge in [0.25, 0.3) is 5.91 Å². The van der Waals surface area contributed by atoms with Crippen LogP contribution < -0.4 is 16.0 Å². The maximum absolute atomic E-state index is 12.7. The Kier molecular flexibility index (Phi) is 5.50. The van der Waals surface area contributed by atoms with Gasteiger partial charge in [-0.2, -0.15) is 13.2 Å². The number of hydrogen-bond acceptors (Lipinski definition) is 5. The van der Waals surface area contributed by atoms with E-state index in [1.807, 2.05) is 35.2 Å². The Hall–Kier alpha value is -3.62. The normalized spacial score (nSPS) is 16.4. The Morgan fingerprint density at radius 2 is 1.97 bits per heavy atom. The minimum Gasteiger partial charge on any atom is -0.369 e. The maximum Gasteiger partial charge on any atom is 0.417 e. The van der Waals surface area contributed by atoms with Gasteiger partial charge < -0.3 is 16.0 Å². The molecule has 3 heterocycles. The molecule has 1 aliphatic heterocycles. The van der Waals surface area contributed by atoms with Crippen molar-refractivity contribution in [3.63, 3.8) is 0 Å². The molecular formula is C22H20F3N5O. The van der Waals surface area contributed by atoms with Gasteiger partial charge in [0.15, 0.2) is 0 Å². The monoisotopic (exact) mass is 427 g/mol. The average Bonchev–Trinajstić information content (AvgIpc) is 3.22. The highest BCUT2D eigenvalue weighted by molar-refractivity contribution is 6.00. The topological polar surface area (TPSA) is 84.1 Å². The molecule has 160 valence electrons. The number of carbonyl (C=O) groups excluding carboxylic acids is 1. The van der Waals surface area contributed by atoms with Gasteiger partial charge in [0.05, 0.1) is 16.8 Å². The number of nitrogens with one attached hydrogen (secondary N) is 1. The van der Waals surface area contributed by atoms with Gasteiger partial charge in [0.2, 0.25) is 0 Å². The van der Waals surface area contributed by atoms with Crippen LogP contribution in [-0.2, 0) is 6.18 Å². The number of primary amides is 1. The summed E-state index contributed by atoms with van der Waals surface area (Å²) in [7, 11) is 0. The molecule has 1 amide bonds. The first-order valence-electron chi connectivity index (χ1n) is 9.71. The van der Waals surface area contributed by atoms with Crippen molar-refractivity contribution < 1.29 is 18.0 Å². The number of rotatable bonds is 5. The van der Waals surface area contributed by atoms with Gasteiger partial charge in [0, 0.05) is 42.8 Å². The Morgan fingerprint density at radius 3 is 2.61 bits per heavy atom. The van der Waals surface area contributed by atoms with Crippen LogP contribution >= 0.6 is 0 Å². The Bertz CT molecular complexity index is 1070. The fourth-order valence-electron chi connectivity index (χ4n) is 3.65. The zero-order valence-electron chi connectivity index (χ0n) is 16.4. The van der Waals surface area contributed by atoms with Crippen LogP contribution in [0.2, 0.25) is 0 Å². The number of hydrogen-bond donors (Lipinski definition) is 2. The maximum atomic E-state index is 12.7. The van der Waals surface area contributed by atoms with E-state index in [0.717, 1.165) is 35.6 Å². The van der Waals surface area contributed by atoms with Crippen molar-refractivity contribution in [1.29, 1.82) is 0 Å². The summed E-state index contributed by atoms with van der Waals surface area (Å²) in [4.78, 5) is 22.3. The Balaban J connectivity index is 1.49. The molecule has 1 fully saturated rings. The third-order valence-electron chi connectivity index (χ3n) is 5.19. The average molecular weight is 427 g/mol. The largest absolute Gasteiger partial charge is 0.417 e. The molecule has 1 unspecified atom stereocenters. The standard InChI is InChI=1S/C22H20F3N5O/c23-22(24,25)15-5-7-20(28-12-15)29-16-8-10-30(13-16)19-6-4-14(11-17(19)21(26)31)18-3-1-2-9-27-18/h1-7,9,11-12,16H,8,10,13H2,(H2,26,31)(H,28,29). The summed E-state index contributed by atoms with van der Waals surface area (Å²) >= 11 is 0. The molecule has 3 aromatic rings. The van der Waals surface area contributed by atoms with E-state index in [1.54, 1.807) is 12.3 Å². The molecule has 0 saturated carbocycles. The summed E-state index contributed by atoms with van der Waals surface area (Å²) in [5.74, 6) is -0.158. The highest BCUT2D eigenvalue weighted by Gasteiger charge is 2.31. The zero-order valence-corrected chi connectivity index (χ0v) is 16.4. The molecule has 2 aromatic heterocycles. The number of aromatic nitrogens is 2. The molecule has 3 N–H and O–H groups in total. The number of alkyl halides is 3. The highest BCUT2D eigenvalue weighted by atomic mass is 19.4. The molecule has 4 rings (SSSR count). The lowest BCUT2D eigenvalue weighted by Gasteiger charge is -2.22. The fraction of sp³-hybridized carbons (Fsp3) is 0.227. The lowest BCUT2D eigenvalue weighted by atomic mass is 10.0. The lowest BCUT2D eigenvalue weighted by molar-refractivity contribution is -0.137. The number of halogens is 3. The van der Waals surface area contributed by atoms with Crippen LogP contribution in [0.5, 0.6) is 0 Å². The van der Waals surface area contributed by atoms with Crippen molar-refractivity contribution in [1.82, 2.24) is 9.97 Å². The molecular weight excluding hydrogens is 407 g/mol. The van der Waals surface area contributed by atoms with E-state index in [1.165, 1.54) is 6.07 Å². The smallest absolute Gasteiger partial charge is 0.369 e. The second kappa shape index (κ2) is 8.25. The number of carbonyl (C=O) groups is 1. The van der Waals surface area contributed by atoms with Crippen molar-refractivity contribution >= 4 is 17.4 Å². The van der Waals surface area contributed by atoms with Crippen molar-refractivity contribution in [2.24, 2.45) is 5.73 Å². The molecule has 0 spiro atoms. The van der Waals surface area contributed by atoms with Crippen LogP contribution in [-0.4, -0.2) is 35.0 Å². The summed E-state index contributed by atoms with van der Waals surface area (Å²) < 4.78 is 38.1. The van der Waals surface area contributed by atoms with E-state index in [4.69, 9.17) is 5.73 Å². The molecule has 0 aliphatic carbocycles. The van der Waals surface area contributed by atoms with E-state index in [2.05, 4.69) is 15.3 Å². The first-order valence-corrected chi connectivity index (χ1v) is 9.71. The molecule has 1 saturated heterocycles. The lowest BCUT2D eigenvalue weighted by Crippen LogP contribution is -2.28. The number of benzene rings is 1. The summed E-state index contributed by atoms with van der Waals surface area (Å²) in [5, 5.41) is 3.16. The Labute approximate surface area is 176 Å². The SMILES string of the molecule is NC(=O)c1cc(-c2ccccn2)ccc1N1CCC(Nc2ccc(C(F)(F)F)cn2)C1. The van der Waals surface area contributed by atoms with Gasteiger partial charge >= 0.3 is 6.18 Å². The first-order chi connectivity index (χ1) is 14.8. The van der Waals surface area contributed by atoms with Crippen molar-refractivity contribution in [3.05, 3.63) is 72.1 Å². The molecule has 1 aliphatic rings. The minimum atomic E-state index is -4.41. The zero-order chi connectivity index (χ0) is 22.0. The van der Waals surface area contributed by atoms with E-state index in [9.17, 15) is 18.0 Å². The van der Waals surface area contributed by atoms with Crippen LogP contribution in [0.15, 0.2) is 60.9 Å². The van der Waals surface area contributed by atoms with Crippen LogP contribution in [0.4, 0.5) is 24.7 Å². The van der Waals surface area contributed by atoms with Crippen LogP contribution in [0.1, 0.15) is 22.3 Å². The third-order valence-corrected chi connectivity index (χ3v) is 5.19. The van der Waals surface area contributed by atoms with Crippen molar-refractivity contribution in [3.8, 4) is 11.3 Å². The number of nitrogens with two attached hydrogens (primary N) is 1. The molecule has 0 radical (unpaired) electrons. The third kappa shape index (κ3) is 4.60. The molecule has 31 heavy (non-hydrogen) atoms. The van der Waals surface area contributed by atoms with Crippen LogP contribution in [0, 0.1) is 0 Å². The van der Waals surface area contributed by atoms with Crippen LogP contribution in [0.25, 0.3) is 11.3 Å². The second-order valence-electron chi connectivity index (χ2n) is 7.32. The van der Waals surface area contributed by atoms with E-state index >= 15 is 0 Å². The summed E-state index contributed by atoms with van der Waals surface area (Å²) in [6.45, 7) is 1.23. The van der Waals surface area contributed by atoms with E-state index < -0.39 is 17.6 Å². The summed E-state index contributed by atoms with van der Waals surface area (Å²) in [6, 6.07) is 13.3. The van der Waals surface area contributed by atoms with Gasteiger partial charge in [-0.25, -0.2) is 4.98 Å².